The number of hydrogen-bond acceptors (Lipinski definition) is 3. The van der Waals surface area contributed by atoms with Crippen LogP contribution in [-0.4, -0.2) is 48.4 Å². The van der Waals surface area contributed by atoms with Gasteiger partial charge in [0.25, 0.3) is 0 Å². The van der Waals surface area contributed by atoms with Crippen LogP contribution in [0.15, 0.2) is 48.5 Å². The zero-order valence-corrected chi connectivity index (χ0v) is 15.2. The predicted molar refractivity (Wildman–Crippen MR) is 98.2 cm³/mol. The van der Waals surface area contributed by atoms with E-state index < -0.39 is 11.7 Å². The van der Waals surface area contributed by atoms with Gasteiger partial charge in [-0.2, -0.15) is 13.2 Å². The Kier molecular flexibility index (Phi) is 6.31. The summed E-state index contributed by atoms with van der Waals surface area (Å²) in [5, 5.41) is 2.52. The molecule has 2 aromatic rings. The molecule has 28 heavy (non-hydrogen) atoms. The van der Waals surface area contributed by atoms with Crippen molar-refractivity contribution >= 4 is 11.6 Å². The zero-order chi connectivity index (χ0) is 20.1. The molecule has 0 bridgehead atoms. The largest absolute Gasteiger partial charge is 0.416 e. The number of rotatable bonds is 5. The van der Waals surface area contributed by atoms with Crippen molar-refractivity contribution in [2.45, 2.75) is 12.7 Å². The molecule has 1 fully saturated rings. The van der Waals surface area contributed by atoms with Crippen LogP contribution in [0.3, 0.4) is 0 Å². The fraction of sp³-hybridized carbons (Fsp3) is 0.350. The first-order valence-electron chi connectivity index (χ1n) is 8.96. The van der Waals surface area contributed by atoms with Crippen molar-refractivity contribution in [3.8, 4) is 0 Å². The Labute approximate surface area is 160 Å². The zero-order valence-electron chi connectivity index (χ0n) is 15.2. The molecule has 1 N–H and O–H groups in total. The third kappa shape index (κ3) is 5.77. The van der Waals surface area contributed by atoms with E-state index in [-0.39, 0.29) is 24.0 Å². The number of amides is 1. The Bertz CT molecular complexity index is 817. The maximum absolute atomic E-state index is 13.3. The van der Waals surface area contributed by atoms with E-state index in [1.54, 1.807) is 6.07 Å². The fourth-order valence-corrected chi connectivity index (χ4v) is 3.18. The maximum atomic E-state index is 13.3. The molecule has 0 saturated carbocycles. The third-order valence-electron chi connectivity index (χ3n) is 4.60. The highest BCUT2D eigenvalue weighted by Crippen LogP contribution is 2.30. The lowest BCUT2D eigenvalue weighted by atomic mass is 10.2. The van der Waals surface area contributed by atoms with Crippen LogP contribution in [0.2, 0.25) is 0 Å². The molecule has 0 unspecified atom stereocenters. The topological polar surface area (TPSA) is 35.6 Å². The summed E-state index contributed by atoms with van der Waals surface area (Å²) in [6.45, 7) is 3.53. The SMILES string of the molecule is O=C(CN1CCN(Cc2cccc(F)c2)CC1)Nc1cccc(C(F)(F)F)c1. The Balaban J connectivity index is 1.46. The van der Waals surface area contributed by atoms with E-state index in [0.29, 0.717) is 19.6 Å². The normalized spacial score (nSPS) is 16.1. The van der Waals surface area contributed by atoms with Gasteiger partial charge in [0.05, 0.1) is 12.1 Å². The van der Waals surface area contributed by atoms with Gasteiger partial charge < -0.3 is 5.32 Å². The second-order valence-electron chi connectivity index (χ2n) is 6.81. The fourth-order valence-electron chi connectivity index (χ4n) is 3.18. The Morgan fingerprint density at radius 3 is 2.32 bits per heavy atom. The van der Waals surface area contributed by atoms with Crippen LogP contribution in [0.4, 0.5) is 23.2 Å². The average molecular weight is 395 g/mol. The molecule has 3 rings (SSSR count). The summed E-state index contributed by atoms with van der Waals surface area (Å²) in [6, 6.07) is 11.1. The van der Waals surface area contributed by atoms with E-state index in [0.717, 1.165) is 30.8 Å². The number of piperazine rings is 1. The van der Waals surface area contributed by atoms with E-state index in [1.165, 1.54) is 24.3 Å². The minimum Gasteiger partial charge on any atom is -0.325 e. The second-order valence-corrected chi connectivity index (χ2v) is 6.81. The number of nitrogens with zero attached hydrogens (tertiary/aromatic N) is 2. The van der Waals surface area contributed by atoms with E-state index in [9.17, 15) is 22.4 Å². The lowest BCUT2D eigenvalue weighted by Crippen LogP contribution is -2.48. The van der Waals surface area contributed by atoms with Crippen LogP contribution in [0.25, 0.3) is 0 Å². The van der Waals surface area contributed by atoms with Gasteiger partial charge in [-0.1, -0.05) is 18.2 Å². The molecule has 0 spiro atoms. The highest BCUT2D eigenvalue weighted by atomic mass is 19.4. The summed E-state index contributed by atoms with van der Waals surface area (Å²) in [5.74, 6) is -0.611. The molecule has 1 aliphatic rings. The first-order valence-corrected chi connectivity index (χ1v) is 8.96. The molecule has 2 aromatic carbocycles. The Morgan fingerprint density at radius 2 is 1.64 bits per heavy atom. The lowest BCUT2D eigenvalue weighted by molar-refractivity contribution is -0.137. The molecule has 1 aliphatic heterocycles. The third-order valence-corrected chi connectivity index (χ3v) is 4.60. The quantitative estimate of drug-likeness (QED) is 0.786. The predicted octanol–water partition coefficient (Wildman–Crippen LogP) is 3.60. The van der Waals surface area contributed by atoms with Crippen molar-refractivity contribution in [1.82, 2.24) is 9.80 Å². The first kappa shape index (κ1) is 20.3. The number of carbonyl (C=O) groups excluding carboxylic acids is 1. The van der Waals surface area contributed by atoms with Crippen molar-refractivity contribution in [2.24, 2.45) is 0 Å². The Hall–Kier alpha value is -2.45. The number of halogens is 4. The standard InChI is InChI=1S/C20H21F4N3O/c21-17-5-1-3-15(11-17)13-26-7-9-27(10-8-26)14-19(28)25-18-6-2-4-16(12-18)20(22,23)24/h1-6,11-12H,7-10,13-14H2,(H,25,28). The van der Waals surface area contributed by atoms with Crippen molar-refractivity contribution in [3.63, 3.8) is 0 Å². The summed E-state index contributed by atoms with van der Waals surface area (Å²) in [7, 11) is 0. The molecular formula is C20H21F4N3O. The van der Waals surface area contributed by atoms with E-state index in [1.807, 2.05) is 11.0 Å². The smallest absolute Gasteiger partial charge is 0.325 e. The van der Waals surface area contributed by atoms with Crippen molar-refractivity contribution < 1.29 is 22.4 Å². The lowest BCUT2D eigenvalue weighted by Gasteiger charge is -2.34. The van der Waals surface area contributed by atoms with Crippen LogP contribution in [0.1, 0.15) is 11.1 Å². The van der Waals surface area contributed by atoms with Gasteiger partial charge in [-0.3, -0.25) is 14.6 Å². The molecule has 0 aliphatic carbocycles. The van der Waals surface area contributed by atoms with Gasteiger partial charge in [0.2, 0.25) is 5.91 Å². The van der Waals surface area contributed by atoms with Gasteiger partial charge in [-0.25, -0.2) is 4.39 Å². The molecule has 0 atom stereocenters. The van der Waals surface area contributed by atoms with Gasteiger partial charge in [0, 0.05) is 38.4 Å². The van der Waals surface area contributed by atoms with Crippen LogP contribution in [0.5, 0.6) is 0 Å². The van der Waals surface area contributed by atoms with Crippen LogP contribution in [0, 0.1) is 5.82 Å². The first-order chi connectivity index (χ1) is 13.3. The van der Waals surface area contributed by atoms with Gasteiger partial charge >= 0.3 is 6.18 Å². The monoisotopic (exact) mass is 395 g/mol. The van der Waals surface area contributed by atoms with E-state index in [2.05, 4.69) is 10.2 Å². The number of hydrogen-bond donors (Lipinski definition) is 1. The molecule has 0 aromatic heterocycles. The highest BCUT2D eigenvalue weighted by molar-refractivity contribution is 5.92. The van der Waals surface area contributed by atoms with Crippen LogP contribution >= 0.6 is 0 Å². The number of carbonyl (C=O) groups is 1. The van der Waals surface area contributed by atoms with Gasteiger partial charge in [-0.15, -0.1) is 0 Å². The molecule has 150 valence electrons. The number of anilines is 1. The summed E-state index contributed by atoms with van der Waals surface area (Å²) in [6.07, 6.45) is -4.45. The highest BCUT2D eigenvalue weighted by Gasteiger charge is 2.30. The van der Waals surface area contributed by atoms with E-state index in [4.69, 9.17) is 0 Å². The van der Waals surface area contributed by atoms with Crippen molar-refractivity contribution in [2.75, 3.05) is 38.0 Å². The molecule has 4 nitrogen and oxygen atoms in total. The molecule has 1 amide bonds. The number of nitrogens with one attached hydrogen (secondary N) is 1. The summed E-state index contributed by atoms with van der Waals surface area (Å²) in [4.78, 5) is 16.3. The molecule has 8 heteroatoms. The molecular weight excluding hydrogens is 374 g/mol. The van der Waals surface area contributed by atoms with Gasteiger partial charge in [0.1, 0.15) is 5.82 Å². The minimum atomic E-state index is -4.45. The number of alkyl halides is 3. The van der Waals surface area contributed by atoms with Gasteiger partial charge in [-0.05, 0) is 35.9 Å². The molecule has 1 heterocycles. The van der Waals surface area contributed by atoms with Crippen molar-refractivity contribution in [3.05, 3.63) is 65.5 Å². The van der Waals surface area contributed by atoms with Crippen LogP contribution in [-0.2, 0) is 17.5 Å². The molecule has 1 saturated heterocycles. The van der Waals surface area contributed by atoms with Crippen molar-refractivity contribution in [1.29, 1.82) is 0 Å². The molecule has 0 radical (unpaired) electrons. The maximum Gasteiger partial charge on any atom is 0.416 e. The van der Waals surface area contributed by atoms with Crippen LogP contribution < -0.4 is 5.32 Å². The second kappa shape index (κ2) is 8.70. The summed E-state index contributed by atoms with van der Waals surface area (Å²) in [5.41, 5.74) is 0.233. The number of benzene rings is 2. The Morgan fingerprint density at radius 1 is 0.964 bits per heavy atom. The summed E-state index contributed by atoms with van der Waals surface area (Å²) < 4.78 is 51.5. The van der Waals surface area contributed by atoms with E-state index >= 15 is 0 Å². The minimum absolute atomic E-state index is 0.115. The summed E-state index contributed by atoms with van der Waals surface area (Å²) >= 11 is 0. The average Bonchev–Trinajstić information content (AvgIpc) is 2.63. The van der Waals surface area contributed by atoms with Gasteiger partial charge in [0.15, 0.2) is 0 Å².